The molecule has 1 spiro atoms. The molecule has 7 heteroatoms. The fourth-order valence-corrected chi connectivity index (χ4v) is 4.36. The standard InChI is InChI=1S/C19H26BrN3O3/c1-13-6-8-19(9-7-13)17(24)23(18(25)21-19)12-22(2)11-14-10-15(20)4-5-16(14)26-3/h4-5,10,13H,6-9,11-12H2,1-3H3,(H,21,25)/p+1. The third kappa shape index (κ3) is 3.74. The van der Waals surface area contributed by atoms with Gasteiger partial charge in [-0.1, -0.05) is 22.9 Å². The van der Waals surface area contributed by atoms with E-state index in [0.29, 0.717) is 19.1 Å². The van der Waals surface area contributed by atoms with E-state index < -0.39 is 5.54 Å². The molecule has 1 atom stereocenters. The van der Waals surface area contributed by atoms with Crippen LogP contribution in [0.4, 0.5) is 4.79 Å². The molecule has 1 heterocycles. The Morgan fingerprint density at radius 3 is 2.69 bits per heavy atom. The number of imide groups is 1. The first-order chi connectivity index (χ1) is 12.3. The molecule has 142 valence electrons. The van der Waals surface area contributed by atoms with Crippen LogP contribution in [-0.2, 0) is 11.3 Å². The van der Waals surface area contributed by atoms with Crippen LogP contribution in [0.5, 0.6) is 5.75 Å². The summed E-state index contributed by atoms with van der Waals surface area (Å²) in [5.74, 6) is 1.37. The highest BCUT2D eigenvalue weighted by Gasteiger charge is 2.52. The Labute approximate surface area is 163 Å². The molecule has 1 saturated carbocycles. The van der Waals surface area contributed by atoms with E-state index in [0.717, 1.165) is 46.4 Å². The lowest BCUT2D eigenvalue weighted by atomic mass is 9.77. The van der Waals surface area contributed by atoms with E-state index in [9.17, 15) is 9.59 Å². The lowest BCUT2D eigenvalue weighted by molar-refractivity contribution is -0.901. The van der Waals surface area contributed by atoms with Crippen LogP contribution in [0.25, 0.3) is 0 Å². The Morgan fingerprint density at radius 1 is 1.35 bits per heavy atom. The van der Waals surface area contributed by atoms with Crippen molar-refractivity contribution >= 4 is 27.9 Å². The number of hydrogen-bond donors (Lipinski definition) is 2. The van der Waals surface area contributed by atoms with Crippen LogP contribution in [0, 0.1) is 5.92 Å². The maximum absolute atomic E-state index is 13.0. The van der Waals surface area contributed by atoms with E-state index in [2.05, 4.69) is 28.2 Å². The summed E-state index contributed by atoms with van der Waals surface area (Å²) in [6, 6.07) is 5.60. The van der Waals surface area contributed by atoms with Crippen LogP contribution in [0.15, 0.2) is 22.7 Å². The molecule has 1 aliphatic carbocycles. The van der Waals surface area contributed by atoms with Gasteiger partial charge < -0.3 is 15.0 Å². The second-order valence-corrected chi connectivity index (χ2v) is 8.59. The van der Waals surface area contributed by atoms with Crippen molar-refractivity contribution in [1.29, 1.82) is 0 Å². The van der Waals surface area contributed by atoms with Crippen LogP contribution < -0.4 is 15.0 Å². The second-order valence-electron chi connectivity index (χ2n) is 7.68. The van der Waals surface area contributed by atoms with Crippen LogP contribution in [0.3, 0.4) is 0 Å². The van der Waals surface area contributed by atoms with Crippen LogP contribution in [0.1, 0.15) is 38.2 Å². The van der Waals surface area contributed by atoms with Gasteiger partial charge in [0, 0.05) is 10.0 Å². The van der Waals surface area contributed by atoms with Crippen molar-refractivity contribution in [3.63, 3.8) is 0 Å². The number of carbonyl (C=O) groups excluding carboxylic acids is 2. The molecule has 1 unspecified atom stereocenters. The zero-order valence-electron chi connectivity index (χ0n) is 15.6. The molecule has 0 aromatic heterocycles. The van der Waals surface area contributed by atoms with E-state index >= 15 is 0 Å². The lowest BCUT2D eigenvalue weighted by Gasteiger charge is -2.33. The Bertz CT molecular complexity index is 701. The third-order valence-electron chi connectivity index (χ3n) is 5.54. The number of nitrogens with zero attached hydrogens (tertiary/aromatic N) is 1. The fourth-order valence-electron chi connectivity index (χ4n) is 3.95. The average Bonchev–Trinajstić information content (AvgIpc) is 2.82. The average molecular weight is 425 g/mol. The zero-order valence-corrected chi connectivity index (χ0v) is 17.2. The minimum Gasteiger partial charge on any atom is -0.496 e. The molecule has 3 amide bonds. The number of urea groups is 1. The number of nitrogens with one attached hydrogen (secondary N) is 2. The highest BCUT2D eigenvalue weighted by Crippen LogP contribution is 2.36. The number of quaternary nitrogens is 1. The summed E-state index contributed by atoms with van der Waals surface area (Å²) >= 11 is 3.48. The van der Waals surface area contributed by atoms with E-state index in [-0.39, 0.29) is 11.9 Å². The Morgan fingerprint density at radius 2 is 2.04 bits per heavy atom. The van der Waals surface area contributed by atoms with Gasteiger partial charge in [0.15, 0.2) is 6.67 Å². The van der Waals surface area contributed by atoms with Gasteiger partial charge in [-0.25, -0.2) is 9.69 Å². The first kappa shape index (κ1) is 19.2. The molecule has 2 fully saturated rings. The first-order valence-corrected chi connectivity index (χ1v) is 9.92. The number of methoxy groups -OCH3 is 1. The molecule has 1 aliphatic heterocycles. The summed E-state index contributed by atoms with van der Waals surface area (Å²) in [7, 11) is 3.63. The molecule has 1 aromatic carbocycles. The molecular formula is C19H27BrN3O3+. The largest absolute Gasteiger partial charge is 0.496 e. The summed E-state index contributed by atoms with van der Waals surface area (Å²) in [4.78, 5) is 27.8. The van der Waals surface area contributed by atoms with Gasteiger partial charge in [0.05, 0.1) is 14.2 Å². The van der Waals surface area contributed by atoms with Gasteiger partial charge in [-0.3, -0.25) is 4.79 Å². The molecule has 2 N–H and O–H groups in total. The fraction of sp³-hybridized carbons (Fsp3) is 0.579. The number of amides is 3. The molecule has 6 nitrogen and oxygen atoms in total. The van der Waals surface area contributed by atoms with E-state index in [1.54, 1.807) is 7.11 Å². The van der Waals surface area contributed by atoms with Crippen molar-refractivity contribution in [3.05, 3.63) is 28.2 Å². The van der Waals surface area contributed by atoms with Gasteiger partial charge in [0.1, 0.15) is 17.8 Å². The smallest absolute Gasteiger partial charge is 0.329 e. The van der Waals surface area contributed by atoms with E-state index in [1.165, 1.54) is 4.90 Å². The Hall–Kier alpha value is -1.60. The highest BCUT2D eigenvalue weighted by molar-refractivity contribution is 9.10. The van der Waals surface area contributed by atoms with Crippen molar-refractivity contribution in [2.24, 2.45) is 5.92 Å². The van der Waals surface area contributed by atoms with Crippen LogP contribution in [0.2, 0.25) is 0 Å². The number of halogens is 1. The maximum Gasteiger partial charge on any atom is 0.329 e. The number of carbonyl (C=O) groups is 2. The SMILES string of the molecule is COc1ccc(Br)cc1C[NH+](C)CN1C(=O)NC2(CCC(C)CC2)C1=O. The highest BCUT2D eigenvalue weighted by atomic mass is 79.9. The first-order valence-electron chi connectivity index (χ1n) is 9.12. The van der Waals surface area contributed by atoms with E-state index in [1.807, 2.05) is 25.2 Å². The number of rotatable bonds is 5. The number of hydrogen-bond acceptors (Lipinski definition) is 3. The predicted molar refractivity (Wildman–Crippen MR) is 102 cm³/mol. The Kier molecular flexibility index (Phi) is 5.58. The third-order valence-corrected chi connectivity index (χ3v) is 6.03. The molecule has 26 heavy (non-hydrogen) atoms. The maximum atomic E-state index is 13.0. The van der Waals surface area contributed by atoms with Gasteiger partial charge in [0.25, 0.3) is 5.91 Å². The van der Waals surface area contributed by atoms with Crippen molar-refractivity contribution in [2.75, 3.05) is 20.8 Å². The van der Waals surface area contributed by atoms with Gasteiger partial charge in [-0.15, -0.1) is 0 Å². The summed E-state index contributed by atoms with van der Waals surface area (Å²) < 4.78 is 6.40. The van der Waals surface area contributed by atoms with Gasteiger partial charge >= 0.3 is 6.03 Å². The molecule has 2 aliphatic rings. The summed E-state index contributed by atoms with van der Waals surface area (Å²) in [5.41, 5.74) is 0.366. The molecular weight excluding hydrogens is 398 g/mol. The second kappa shape index (κ2) is 7.56. The monoisotopic (exact) mass is 424 g/mol. The minimum atomic E-state index is -0.669. The zero-order chi connectivity index (χ0) is 18.9. The summed E-state index contributed by atoms with van der Waals surface area (Å²) in [5, 5.41) is 2.98. The predicted octanol–water partition coefficient (Wildman–Crippen LogP) is 1.93. The normalized spacial score (nSPS) is 26.9. The van der Waals surface area contributed by atoms with Crippen molar-refractivity contribution in [3.8, 4) is 5.75 Å². The quantitative estimate of drug-likeness (QED) is 0.709. The minimum absolute atomic E-state index is 0.0602. The molecule has 0 radical (unpaired) electrons. The van der Waals surface area contributed by atoms with Crippen LogP contribution in [-0.4, -0.2) is 43.2 Å². The van der Waals surface area contributed by atoms with E-state index in [4.69, 9.17) is 4.74 Å². The Balaban J connectivity index is 1.68. The van der Waals surface area contributed by atoms with Gasteiger partial charge in [-0.05, 0) is 49.8 Å². The summed E-state index contributed by atoms with van der Waals surface area (Å²) in [6.45, 7) is 3.20. The topological polar surface area (TPSA) is 63.1 Å². The molecule has 0 bridgehead atoms. The summed E-state index contributed by atoms with van der Waals surface area (Å²) in [6.07, 6.45) is 3.46. The van der Waals surface area contributed by atoms with Crippen molar-refractivity contribution in [1.82, 2.24) is 10.2 Å². The molecule has 3 rings (SSSR count). The molecule has 1 aromatic rings. The number of benzene rings is 1. The molecule has 1 saturated heterocycles. The number of ether oxygens (including phenoxy) is 1. The van der Waals surface area contributed by atoms with Crippen LogP contribution >= 0.6 is 15.9 Å². The van der Waals surface area contributed by atoms with Crippen molar-refractivity contribution < 1.29 is 19.2 Å². The lowest BCUT2D eigenvalue weighted by Crippen LogP contribution is -3.09. The van der Waals surface area contributed by atoms with Gasteiger partial charge in [0.2, 0.25) is 0 Å². The van der Waals surface area contributed by atoms with Crippen molar-refractivity contribution in [2.45, 2.75) is 44.7 Å². The van der Waals surface area contributed by atoms with Gasteiger partial charge in [-0.2, -0.15) is 0 Å².